The first-order valence-electron chi connectivity index (χ1n) is 6.86. The molecule has 4 nitrogen and oxygen atoms in total. The van der Waals surface area contributed by atoms with Crippen molar-refractivity contribution < 1.29 is 14.3 Å². The van der Waals surface area contributed by atoms with Gasteiger partial charge in [-0.25, -0.2) is 4.79 Å². The van der Waals surface area contributed by atoms with Crippen LogP contribution in [0.15, 0.2) is 10.1 Å². The average molecular weight is 330 g/mol. The van der Waals surface area contributed by atoms with E-state index in [-0.39, 0.29) is 11.9 Å². The summed E-state index contributed by atoms with van der Waals surface area (Å²) in [7, 11) is 1.72. The van der Waals surface area contributed by atoms with Crippen LogP contribution in [0.1, 0.15) is 45.4 Å². The molecule has 2 aliphatic carbocycles. The fourth-order valence-corrected chi connectivity index (χ4v) is 3.20. The minimum absolute atomic E-state index is 0.0304. The number of carbonyl (C=O) groups is 2. The number of hydrogen-bond donors (Lipinski definition) is 0. The second-order valence-electron chi connectivity index (χ2n) is 5.21. The van der Waals surface area contributed by atoms with Gasteiger partial charge < -0.3 is 9.64 Å². The van der Waals surface area contributed by atoms with Gasteiger partial charge in [0.2, 0.25) is 0 Å². The van der Waals surface area contributed by atoms with Crippen LogP contribution in [0.4, 0.5) is 0 Å². The molecule has 0 aromatic rings. The Hall–Kier alpha value is -0.840. The number of likely N-dealkylation sites (N-methyl/N-ethyl adjacent to an activating group) is 1. The third-order valence-electron chi connectivity index (χ3n) is 3.98. The lowest BCUT2D eigenvalue weighted by Gasteiger charge is -2.28. The summed E-state index contributed by atoms with van der Waals surface area (Å²) in [6, 6.07) is 0. The second-order valence-corrected chi connectivity index (χ2v) is 6.16. The van der Waals surface area contributed by atoms with Crippen LogP contribution in [0.3, 0.4) is 0 Å². The first-order chi connectivity index (χ1) is 9.03. The van der Waals surface area contributed by atoms with Crippen LogP contribution in [0, 0.1) is 0 Å². The van der Waals surface area contributed by atoms with Crippen LogP contribution in [0.25, 0.3) is 0 Å². The molecule has 2 aliphatic rings. The number of carbonyl (C=O) groups excluding carboxylic acids is 2. The number of hydrogen-bond acceptors (Lipinski definition) is 3. The Kier molecular flexibility index (Phi) is 4.33. The van der Waals surface area contributed by atoms with Crippen molar-refractivity contribution in [2.45, 2.75) is 51.0 Å². The molecule has 0 aliphatic heterocycles. The van der Waals surface area contributed by atoms with E-state index in [0.29, 0.717) is 19.4 Å². The Morgan fingerprint density at radius 2 is 1.95 bits per heavy atom. The lowest BCUT2D eigenvalue weighted by Crippen LogP contribution is -2.46. The number of ether oxygens (including phenoxy) is 1. The van der Waals surface area contributed by atoms with Crippen LogP contribution in [0.5, 0.6) is 0 Å². The minimum atomic E-state index is -0.704. The van der Waals surface area contributed by atoms with Gasteiger partial charge in [-0.1, -0.05) is 15.9 Å². The van der Waals surface area contributed by atoms with Crippen molar-refractivity contribution in [3.8, 4) is 0 Å². The Balaban J connectivity index is 2.13. The zero-order valence-corrected chi connectivity index (χ0v) is 13.1. The summed E-state index contributed by atoms with van der Waals surface area (Å²) in [5, 5.41) is 0. The van der Waals surface area contributed by atoms with Gasteiger partial charge in [-0.3, -0.25) is 4.79 Å². The fourth-order valence-electron chi connectivity index (χ4n) is 2.55. The van der Waals surface area contributed by atoms with Crippen molar-refractivity contribution in [2.24, 2.45) is 0 Å². The van der Waals surface area contributed by atoms with Crippen LogP contribution in [-0.2, 0) is 14.3 Å². The molecule has 19 heavy (non-hydrogen) atoms. The van der Waals surface area contributed by atoms with Crippen LogP contribution in [0.2, 0.25) is 0 Å². The molecule has 0 aromatic heterocycles. The lowest BCUT2D eigenvalue weighted by atomic mass is 9.98. The maximum atomic E-state index is 12.5. The smallest absolute Gasteiger partial charge is 0.332 e. The van der Waals surface area contributed by atoms with Crippen molar-refractivity contribution in [1.82, 2.24) is 4.90 Å². The number of amides is 1. The van der Waals surface area contributed by atoms with Crippen LogP contribution < -0.4 is 0 Å². The van der Waals surface area contributed by atoms with Crippen LogP contribution >= 0.6 is 15.9 Å². The molecule has 0 heterocycles. The molecule has 0 unspecified atom stereocenters. The van der Waals surface area contributed by atoms with Crippen molar-refractivity contribution in [3.05, 3.63) is 10.1 Å². The summed E-state index contributed by atoms with van der Waals surface area (Å²) in [5.74, 6) is -0.296. The van der Waals surface area contributed by atoms with E-state index in [1.165, 1.54) is 0 Å². The Morgan fingerprint density at radius 1 is 1.32 bits per heavy atom. The Morgan fingerprint density at radius 3 is 2.47 bits per heavy atom. The first-order valence-corrected chi connectivity index (χ1v) is 7.65. The van der Waals surface area contributed by atoms with E-state index in [9.17, 15) is 9.59 Å². The standard InChI is InChI=1S/C14H20BrNO3/c1-3-19-13(18)14(8-9-14)16(2)12(17)10-6-4-5-7-11(10)15/h3-9H2,1-2H3. The fraction of sp³-hybridized carbons (Fsp3) is 0.714. The van der Waals surface area contributed by atoms with E-state index in [1.807, 2.05) is 0 Å². The highest BCUT2D eigenvalue weighted by atomic mass is 79.9. The molecule has 0 spiro atoms. The number of halogens is 1. The van der Waals surface area contributed by atoms with Crippen molar-refractivity contribution >= 4 is 27.8 Å². The van der Waals surface area contributed by atoms with Gasteiger partial charge in [0.25, 0.3) is 5.91 Å². The van der Waals surface area contributed by atoms with Crippen molar-refractivity contribution in [2.75, 3.05) is 13.7 Å². The Labute approximate surface area is 122 Å². The van der Waals surface area contributed by atoms with E-state index in [1.54, 1.807) is 18.9 Å². The molecule has 0 atom stereocenters. The second kappa shape index (κ2) is 5.65. The molecular formula is C14H20BrNO3. The molecule has 0 radical (unpaired) electrons. The molecule has 5 heteroatoms. The van der Waals surface area contributed by atoms with Gasteiger partial charge in [-0.15, -0.1) is 0 Å². The maximum absolute atomic E-state index is 12.5. The molecular weight excluding hydrogens is 310 g/mol. The van der Waals surface area contributed by atoms with E-state index < -0.39 is 5.54 Å². The van der Waals surface area contributed by atoms with Crippen molar-refractivity contribution in [1.29, 1.82) is 0 Å². The molecule has 106 valence electrons. The SMILES string of the molecule is CCOC(=O)C1(N(C)C(=O)C2=C(Br)CCCC2)CC1. The molecule has 0 aromatic carbocycles. The molecule has 2 rings (SSSR count). The van der Waals surface area contributed by atoms with E-state index in [0.717, 1.165) is 35.7 Å². The van der Waals surface area contributed by atoms with E-state index >= 15 is 0 Å². The van der Waals surface area contributed by atoms with E-state index in [2.05, 4.69) is 15.9 Å². The van der Waals surface area contributed by atoms with Gasteiger partial charge in [-0.2, -0.15) is 0 Å². The topological polar surface area (TPSA) is 46.6 Å². The van der Waals surface area contributed by atoms with Gasteiger partial charge >= 0.3 is 5.97 Å². The predicted molar refractivity (Wildman–Crippen MR) is 75.8 cm³/mol. The van der Waals surface area contributed by atoms with Crippen LogP contribution in [-0.4, -0.2) is 36.0 Å². The zero-order valence-electron chi connectivity index (χ0n) is 11.5. The summed E-state index contributed by atoms with van der Waals surface area (Å²) in [6.45, 7) is 2.14. The highest BCUT2D eigenvalue weighted by Gasteiger charge is 2.56. The molecule has 1 fully saturated rings. The molecule has 0 bridgehead atoms. The summed E-state index contributed by atoms with van der Waals surface area (Å²) in [4.78, 5) is 26.1. The quantitative estimate of drug-likeness (QED) is 0.745. The number of nitrogens with zero attached hydrogens (tertiary/aromatic N) is 1. The number of rotatable bonds is 4. The largest absolute Gasteiger partial charge is 0.464 e. The predicted octanol–water partition coefficient (Wildman–Crippen LogP) is 2.76. The number of allylic oxidation sites excluding steroid dienone is 1. The Bertz CT molecular complexity index is 426. The minimum Gasteiger partial charge on any atom is -0.464 e. The normalized spacial score (nSPS) is 21.0. The van der Waals surface area contributed by atoms with Gasteiger partial charge in [0.05, 0.1) is 6.61 Å². The molecule has 1 saturated carbocycles. The average Bonchev–Trinajstić information content (AvgIpc) is 3.19. The highest BCUT2D eigenvalue weighted by molar-refractivity contribution is 9.11. The lowest BCUT2D eigenvalue weighted by molar-refractivity contribution is -0.154. The molecule has 0 N–H and O–H groups in total. The first kappa shape index (κ1) is 14.6. The monoisotopic (exact) mass is 329 g/mol. The summed E-state index contributed by atoms with van der Waals surface area (Å²) in [5.41, 5.74) is 0.120. The van der Waals surface area contributed by atoms with Gasteiger partial charge in [0, 0.05) is 17.1 Å². The maximum Gasteiger partial charge on any atom is 0.332 e. The highest BCUT2D eigenvalue weighted by Crippen LogP contribution is 2.43. The zero-order chi connectivity index (χ0) is 14.0. The molecule has 0 saturated heterocycles. The van der Waals surface area contributed by atoms with E-state index in [4.69, 9.17) is 4.74 Å². The number of esters is 1. The molecule has 1 amide bonds. The van der Waals surface area contributed by atoms with Gasteiger partial charge in [-0.05, 0) is 45.4 Å². The summed E-state index contributed by atoms with van der Waals surface area (Å²) < 4.78 is 6.09. The third kappa shape index (κ3) is 2.71. The van der Waals surface area contributed by atoms with Crippen molar-refractivity contribution in [3.63, 3.8) is 0 Å². The third-order valence-corrected chi connectivity index (χ3v) is 4.86. The summed E-state index contributed by atoms with van der Waals surface area (Å²) >= 11 is 3.49. The summed E-state index contributed by atoms with van der Waals surface area (Å²) in [6.07, 6.45) is 5.28. The van der Waals surface area contributed by atoms with Gasteiger partial charge in [0.1, 0.15) is 5.54 Å². The van der Waals surface area contributed by atoms with Gasteiger partial charge in [0.15, 0.2) is 0 Å².